The van der Waals surface area contributed by atoms with E-state index in [0.29, 0.717) is 10.7 Å². The molecule has 3 aromatic carbocycles. The van der Waals surface area contributed by atoms with Gasteiger partial charge in [-0.05, 0) is 41.6 Å². The second kappa shape index (κ2) is 6.92. The van der Waals surface area contributed by atoms with E-state index in [1.807, 2.05) is 66.7 Å². The van der Waals surface area contributed by atoms with Crippen molar-refractivity contribution in [3.8, 4) is 23.1 Å². The van der Waals surface area contributed by atoms with Gasteiger partial charge in [0.25, 0.3) is 0 Å². The lowest BCUT2D eigenvalue weighted by Gasteiger charge is -2.06. The van der Waals surface area contributed by atoms with Crippen LogP contribution in [0.2, 0.25) is 5.02 Å². The van der Waals surface area contributed by atoms with Crippen LogP contribution in [0.3, 0.4) is 0 Å². The van der Waals surface area contributed by atoms with Crippen LogP contribution in [0.4, 0.5) is 5.69 Å². The van der Waals surface area contributed by atoms with Crippen molar-refractivity contribution in [2.24, 2.45) is 0 Å². The Morgan fingerprint density at radius 1 is 0.808 bits per heavy atom. The van der Waals surface area contributed by atoms with Crippen LogP contribution in [0.25, 0.3) is 22.0 Å². The number of hydrogen-bond acceptors (Lipinski definition) is 2. The molecule has 1 aromatic heterocycles. The molecular formula is C23H15ClN2. The summed E-state index contributed by atoms with van der Waals surface area (Å²) in [7, 11) is 0. The number of nitrogens with zero attached hydrogens (tertiary/aromatic N) is 1. The standard InChI is InChI=1S/C23H15ClN2/c24-19-12-9-17(10-13-19)23-15-18-6-1-3-7-20(18)22(26-23)14-11-16-5-2-4-8-21(16)25/h1-10,12-13,15H,25H2. The number of pyridine rings is 1. The Labute approximate surface area is 157 Å². The molecular weight excluding hydrogens is 340 g/mol. The lowest BCUT2D eigenvalue weighted by Crippen LogP contribution is -1.92. The van der Waals surface area contributed by atoms with Gasteiger partial charge in [-0.2, -0.15) is 0 Å². The average Bonchev–Trinajstić information content (AvgIpc) is 2.67. The molecule has 0 aliphatic carbocycles. The molecule has 26 heavy (non-hydrogen) atoms. The number of nitrogens with two attached hydrogens (primary N) is 1. The van der Waals surface area contributed by atoms with Crippen LogP contribution in [0, 0.1) is 11.8 Å². The van der Waals surface area contributed by atoms with Crippen molar-refractivity contribution in [2.75, 3.05) is 5.73 Å². The van der Waals surface area contributed by atoms with E-state index < -0.39 is 0 Å². The first-order valence-corrected chi connectivity index (χ1v) is 8.61. The zero-order valence-electron chi connectivity index (χ0n) is 13.9. The molecule has 0 radical (unpaired) electrons. The van der Waals surface area contributed by atoms with E-state index in [1.165, 1.54) is 0 Å². The predicted octanol–water partition coefficient (Wildman–Crippen LogP) is 5.54. The van der Waals surface area contributed by atoms with Crippen LogP contribution < -0.4 is 5.73 Å². The van der Waals surface area contributed by atoms with Crippen LogP contribution in [0.5, 0.6) is 0 Å². The van der Waals surface area contributed by atoms with Gasteiger partial charge in [0, 0.05) is 27.2 Å². The molecule has 3 heteroatoms. The second-order valence-corrected chi connectivity index (χ2v) is 6.36. The summed E-state index contributed by atoms with van der Waals surface area (Å²) in [5.74, 6) is 6.35. The molecule has 0 aliphatic rings. The lowest BCUT2D eigenvalue weighted by molar-refractivity contribution is 1.32. The Bertz CT molecular complexity index is 1150. The minimum absolute atomic E-state index is 0.665. The third-order valence-electron chi connectivity index (χ3n) is 4.16. The molecule has 4 aromatic rings. The molecule has 2 N–H and O–H groups in total. The Balaban J connectivity index is 1.88. The largest absolute Gasteiger partial charge is 0.398 e. The molecule has 0 unspecified atom stereocenters. The van der Waals surface area contributed by atoms with Crippen LogP contribution in [0.1, 0.15) is 11.3 Å². The number of fused-ring (bicyclic) bond motifs is 1. The lowest BCUT2D eigenvalue weighted by atomic mass is 10.0. The third kappa shape index (κ3) is 3.26. The first-order chi connectivity index (χ1) is 12.7. The number of benzene rings is 3. The fourth-order valence-electron chi connectivity index (χ4n) is 2.80. The van der Waals surface area contributed by atoms with Crippen LogP contribution >= 0.6 is 11.6 Å². The molecule has 0 saturated heterocycles. The predicted molar refractivity (Wildman–Crippen MR) is 109 cm³/mol. The van der Waals surface area contributed by atoms with E-state index in [4.69, 9.17) is 22.3 Å². The van der Waals surface area contributed by atoms with E-state index in [9.17, 15) is 0 Å². The summed E-state index contributed by atoms with van der Waals surface area (Å²) in [6.07, 6.45) is 0. The van der Waals surface area contributed by atoms with Crippen molar-refractivity contribution in [1.29, 1.82) is 0 Å². The third-order valence-corrected chi connectivity index (χ3v) is 4.41. The van der Waals surface area contributed by atoms with Crippen molar-refractivity contribution in [3.05, 3.63) is 95.1 Å². The minimum Gasteiger partial charge on any atom is -0.398 e. The normalized spacial score (nSPS) is 10.3. The monoisotopic (exact) mass is 354 g/mol. The molecule has 0 fully saturated rings. The molecule has 4 rings (SSSR count). The van der Waals surface area contributed by atoms with E-state index in [2.05, 4.69) is 24.0 Å². The van der Waals surface area contributed by atoms with Gasteiger partial charge in [0.05, 0.1) is 5.69 Å². The van der Waals surface area contributed by atoms with Gasteiger partial charge in [0.2, 0.25) is 0 Å². The summed E-state index contributed by atoms with van der Waals surface area (Å²) in [6.45, 7) is 0. The Morgan fingerprint density at radius 3 is 2.35 bits per heavy atom. The maximum Gasteiger partial charge on any atom is 0.122 e. The highest BCUT2D eigenvalue weighted by Crippen LogP contribution is 2.25. The van der Waals surface area contributed by atoms with E-state index >= 15 is 0 Å². The summed E-state index contributed by atoms with van der Waals surface area (Å²) in [5, 5.41) is 2.82. The number of aromatic nitrogens is 1. The van der Waals surface area contributed by atoms with Gasteiger partial charge in [-0.3, -0.25) is 0 Å². The summed E-state index contributed by atoms with van der Waals surface area (Å²) in [4.78, 5) is 4.79. The van der Waals surface area contributed by atoms with E-state index in [0.717, 1.165) is 33.3 Å². The van der Waals surface area contributed by atoms with Crippen molar-refractivity contribution < 1.29 is 0 Å². The highest BCUT2D eigenvalue weighted by molar-refractivity contribution is 6.30. The fraction of sp³-hybridized carbons (Fsp3) is 0. The molecule has 124 valence electrons. The number of halogens is 1. The van der Waals surface area contributed by atoms with E-state index in [1.54, 1.807) is 0 Å². The number of rotatable bonds is 1. The summed E-state index contributed by atoms with van der Waals surface area (Å²) in [5.41, 5.74) is 10.1. The molecule has 0 atom stereocenters. The first-order valence-electron chi connectivity index (χ1n) is 8.23. The fourth-order valence-corrected chi connectivity index (χ4v) is 2.93. The molecule has 0 bridgehead atoms. The summed E-state index contributed by atoms with van der Waals surface area (Å²) >= 11 is 6.00. The minimum atomic E-state index is 0.665. The molecule has 0 aliphatic heterocycles. The first kappa shape index (κ1) is 16.2. The Hall–Kier alpha value is -3.28. The number of hydrogen-bond donors (Lipinski definition) is 1. The van der Waals surface area contributed by atoms with Crippen molar-refractivity contribution in [3.63, 3.8) is 0 Å². The summed E-state index contributed by atoms with van der Waals surface area (Å²) < 4.78 is 0. The SMILES string of the molecule is Nc1ccccc1C#Cc1nc(-c2ccc(Cl)cc2)cc2ccccc12. The molecule has 0 saturated carbocycles. The molecule has 1 heterocycles. The van der Waals surface area contributed by atoms with Gasteiger partial charge < -0.3 is 5.73 Å². The molecule has 0 amide bonds. The van der Waals surface area contributed by atoms with Gasteiger partial charge in [-0.1, -0.05) is 66.1 Å². The quantitative estimate of drug-likeness (QED) is 0.360. The smallest absolute Gasteiger partial charge is 0.122 e. The average molecular weight is 355 g/mol. The molecule has 0 spiro atoms. The number of anilines is 1. The van der Waals surface area contributed by atoms with Gasteiger partial charge >= 0.3 is 0 Å². The highest BCUT2D eigenvalue weighted by atomic mass is 35.5. The van der Waals surface area contributed by atoms with Crippen LogP contribution in [-0.2, 0) is 0 Å². The molecule has 2 nitrogen and oxygen atoms in total. The zero-order chi connectivity index (χ0) is 17.9. The van der Waals surface area contributed by atoms with Crippen LogP contribution in [-0.4, -0.2) is 4.98 Å². The maximum absolute atomic E-state index is 6.00. The highest BCUT2D eigenvalue weighted by Gasteiger charge is 2.06. The van der Waals surface area contributed by atoms with Crippen molar-refractivity contribution >= 4 is 28.1 Å². The summed E-state index contributed by atoms with van der Waals surface area (Å²) in [6, 6.07) is 25.4. The van der Waals surface area contributed by atoms with Crippen molar-refractivity contribution in [1.82, 2.24) is 4.98 Å². The van der Waals surface area contributed by atoms with E-state index in [-0.39, 0.29) is 0 Å². The van der Waals surface area contributed by atoms with Crippen LogP contribution in [0.15, 0.2) is 78.9 Å². The van der Waals surface area contributed by atoms with Gasteiger partial charge in [0.1, 0.15) is 5.69 Å². The van der Waals surface area contributed by atoms with Gasteiger partial charge in [-0.15, -0.1) is 0 Å². The topological polar surface area (TPSA) is 38.9 Å². The van der Waals surface area contributed by atoms with Crippen molar-refractivity contribution in [2.45, 2.75) is 0 Å². The Morgan fingerprint density at radius 2 is 1.54 bits per heavy atom. The number of para-hydroxylation sites is 1. The number of nitrogen functional groups attached to an aromatic ring is 1. The zero-order valence-corrected chi connectivity index (χ0v) is 14.7. The Kier molecular flexibility index (Phi) is 4.31. The van der Waals surface area contributed by atoms with Gasteiger partial charge in [0.15, 0.2) is 0 Å². The second-order valence-electron chi connectivity index (χ2n) is 5.92. The maximum atomic E-state index is 6.00. The van der Waals surface area contributed by atoms with Gasteiger partial charge in [-0.25, -0.2) is 4.98 Å².